The second-order valence-electron chi connectivity index (χ2n) is 6.57. The van der Waals surface area contributed by atoms with E-state index in [1.165, 1.54) is 12.8 Å². The predicted molar refractivity (Wildman–Crippen MR) is 91.0 cm³/mol. The number of pyridine rings is 1. The van der Waals surface area contributed by atoms with E-state index < -0.39 is 0 Å². The number of hydrogen-bond donors (Lipinski definition) is 0. The van der Waals surface area contributed by atoms with Gasteiger partial charge >= 0.3 is 5.97 Å². The fourth-order valence-corrected chi connectivity index (χ4v) is 3.88. The van der Waals surface area contributed by atoms with Crippen LogP contribution in [0.1, 0.15) is 31.7 Å². The minimum absolute atomic E-state index is 0.183. The van der Waals surface area contributed by atoms with Crippen LogP contribution in [-0.4, -0.2) is 40.6 Å². The minimum Gasteiger partial charge on any atom is -0.453 e. The summed E-state index contributed by atoms with van der Waals surface area (Å²) in [5.74, 6) is 6.17. The van der Waals surface area contributed by atoms with Gasteiger partial charge in [-0.1, -0.05) is 24.3 Å². The summed E-state index contributed by atoms with van der Waals surface area (Å²) < 4.78 is 5.65. The van der Waals surface area contributed by atoms with E-state index in [4.69, 9.17) is 4.74 Å². The lowest BCUT2D eigenvalue weighted by Gasteiger charge is -2.40. The topological polar surface area (TPSA) is 42.4 Å². The molecule has 122 valence electrons. The Morgan fingerprint density at radius 2 is 2.25 bits per heavy atom. The van der Waals surface area contributed by atoms with E-state index in [0.717, 1.165) is 29.7 Å². The molecule has 1 saturated heterocycles. The molecular formula is C20H20N2O2. The summed E-state index contributed by atoms with van der Waals surface area (Å²) in [5.41, 5.74) is 2.73. The van der Waals surface area contributed by atoms with Crippen molar-refractivity contribution in [3.05, 3.63) is 53.4 Å². The van der Waals surface area contributed by atoms with Gasteiger partial charge in [0.05, 0.1) is 6.04 Å². The zero-order chi connectivity index (χ0) is 16.5. The van der Waals surface area contributed by atoms with Crippen molar-refractivity contribution in [1.82, 2.24) is 9.88 Å². The zero-order valence-electron chi connectivity index (χ0n) is 13.7. The second kappa shape index (κ2) is 6.26. The van der Waals surface area contributed by atoms with Crippen molar-refractivity contribution in [2.45, 2.75) is 44.4 Å². The van der Waals surface area contributed by atoms with Crippen LogP contribution in [0.4, 0.5) is 0 Å². The Morgan fingerprint density at radius 3 is 3.08 bits per heavy atom. The number of piperidine rings is 1. The van der Waals surface area contributed by atoms with Gasteiger partial charge in [-0.25, -0.2) is 4.79 Å². The highest BCUT2D eigenvalue weighted by molar-refractivity contribution is 5.88. The van der Waals surface area contributed by atoms with Crippen LogP contribution in [0.15, 0.2) is 47.8 Å². The lowest BCUT2D eigenvalue weighted by atomic mass is 9.92. The number of esters is 1. The van der Waals surface area contributed by atoms with E-state index in [-0.39, 0.29) is 18.1 Å². The number of carbonyl (C=O) groups excluding carboxylic acids is 1. The van der Waals surface area contributed by atoms with Crippen molar-refractivity contribution in [1.29, 1.82) is 0 Å². The first-order valence-electron chi connectivity index (χ1n) is 8.54. The van der Waals surface area contributed by atoms with Gasteiger partial charge in [0.2, 0.25) is 0 Å². The van der Waals surface area contributed by atoms with Crippen LogP contribution in [-0.2, 0) is 9.53 Å². The molecule has 0 saturated carbocycles. The fourth-order valence-electron chi connectivity index (χ4n) is 3.88. The highest BCUT2D eigenvalue weighted by Gasteiger charge is 2.42. The molecule has 0 N–H and O–H groups in total. The average Bonchev–Trinajstić information content (AvgIpc) is 2.96. The van der Waals surface area contributed by atoms with Gasteiger partial charge < -0.3 is 4.74 Å². The highest BCUT2D eigenvalue weighted by Crippen LogP contribution is 2.36. The Hall–Kier alpha value is -2.38. The van der Waals surface area contributed by atoms with Gasteiger partial charge in [0.1, 0.15) is 6.10 Å². The first-order chi connectivity index (χ1) is 11.7. The van der Waals surface area contributed by atoms with Crippen molar-refractivity contribution < 1.29 is 9.53 Å². The average molecular weight is 320 g/mol. The van der Waals surface area contributed by atoms with E-state index in [2.05, 4.69) is 34.7 Å². The summed E-state index contributed by atoms with van der Waals surface area (Å²) in [6, 6.07) is 4.37. The molecule has 2 unspecified atom stereocenters. The van der Waals surface area contributed by atoms with Crippen LogP contribution < -0.4 is 0 Å². The van der Waals surface area contributed by atoms with Crippen LogP contribution >= 0.6 is 0 Å². The van der Waals surface area contributed by atoms with Gasteiger partial charge in [-0.2, -0.15) is 0 Å². The van der Waals surface area contributed by atoms with Crippen LogP contribution in [0.3, 0.4) is 0 Å². The minimum atomic E-state index is -0.246. The number of aromatic nitrogens is 1. The molecule has 1 aromatic rings. The molecule has 0 radical (unpaired) electrons. The molecule has 0 aliphatic carbocycles. The highest BCUT2D eigenvalue weighted by atomic mass is 16.5. The molecule has 3 atom stereocenters. The first kappa shape index (κ1) is 15.2. The second-order valence-corrected chi connectivity index (χ2v) is 6.57. The van der Waals surface area contributed by atoms with Gasteiger partial charge in [-0.3, -0.25) is 9.88 Å². The van der Waals surface area contributed by atoms with Crippen molar-refractivity contribution in [3.63, 3.8) is 0 Å². The zero-order valence-corrected chi connectivity index (χ0v) is 13.7. The van der Waals surface area contributed by atoms with Crippen LogP contribution in [0.5, 0.6) is 0 Å². The Kier molecular flexibility index (Phi) is 3.95. The van der Waals surface area contributed by atoms with Crippen LogP contribution in [0.2, 0.25) is 0 Å². The molecule has 24 heavy (non-hydrogen) atoms. The van der Waals surface area contributed by atoms with Crippen molar-refractivity contribution in [3.8, 4) is 11.8 Å². The SMILES string of the molecule is C[C@H]1C=C(C#Cc2cccnc2)C2=CC(=O)OC2C2CCCCN21. The molecule has 1 fully saturated rings. The largest absolute Gasteiger partial charge is 0.453 e. The number of rotatable bonds is 0. The lowest BCUT2D eigenvalue weighted by molar-refractivity contribution is -0.142. The molecule has 0 aromatic carbocycles. The molecule has 1 aromatic heterocycles. The van der Waals surface area contributed by atoms with E-state index in [1.807, 2.05) is 12.1 Å². The molecule has 0 amide bonds. The summed E-state index contributed by atoms with van der Waals surface area (Å²) in [4.78, 5) is 18.4. The maximum absolute atomic E-state index is 11.9. The van der Waals surface area contributed by atoms with Gasteiger partial charge in [-0.05, 0) is 38.4 Å². The summed E-state index contributed by atoms with van der Waals surface area (Å²) >= 11 is 0. The quantitative estimate of drug-likeness (QED) is 0.544. The lowest BCUT2D eigenvalue weighted by Crippen LogP contribution is -2.49. The predicted octanol–water partition coefficient (Wildman–Crippen LogP) is 2.47. The van der Waals surface area contributed by atoms with Crippen molar-refractivity contribution in [2.24, 2.45) is 0 Å². The summed E-state index contributed by atoms with van der Waals surface area (Å²) in [6.07, 6.45) is 10.6. The number of hydrogen-bond acceptors (Lipinski definition) is 4. The van der Waals surface area contributed by atoms with E-state index in [0.29, 0.717) is 6.04 Å². The normalized spacial score (nSPS) is 29.2. The van der Waals surface area contributed by atoms with E-state index in [1.54, 1.807) is 18.5 Å². The molecule has 3 aliphatic heterocycles. The molecular weight excluding hydrogens is 300 g/mol. The summed E-state index contributed by atoms with van der Waals surface area (Å²) in [5, 5.41) is 0. The third-order valence-electron chi connectivity index (χ3n) is 5.01. The molecule has 4 heteroatoms. The number of nitrogens with zero attached hydrogens (tertiary/aromatic N) is 2. The maximum Gasteiger partial charge on any atom is 0.331 e. The number of fused-ring (bicyclic) bond motifs is 3. The summed E-state index contributed by atoms with van der Waals surface area (Å²) in [7, 11) is 0. The third kappa shape index (κ3) is 2.76. The Morgan fingerprint density at radius 1 is 1.33 bits per heavy atom. The summed E-state index contributed by atoms with van der Waals surface area (Å²) in [6.45, 7) is 3.25. The smallest absolute Gasteiger partial charge is 0.331 e. The molecule has 4 nitrogen and oxygen atoms in total. The maximum atomic E-state index is 11.9. The van der Waals surface area contributed by atoms with Crippen LogP contribution in [0, 0.1) is 11.8 Å². The van der Waals surface area contributed by atoms with Gasteiger partial charge in [0.15, 0.2) is 0 Å². The number of ether oxygens (including phenoxy) is 1. The molecule has 4 rings (SSSR count). The van der Waals surface area contributed by atoms with Gasteiger partial charge in [-0.15, -0.1) is 0 Å². The third-order valence-corrected chi connectivity index (χ3v) is 5.01. The van der Waals surface area contributed by atoms with Crippen molar-refractivity contribution >= 4 is 5.97 Å². The monoisotopic (exact) mass is 320 g/mol. The van der Waals surface area contributed by atoms with Crippen molar-refractivity contribution in [2.75, 3.05) is 6.54 Å². The number of carbonyl (C=O) groups is 1. The molecule has 4 heterocycles. The van der Waals surface area contributed by atoms with Gasteiger partial charge in [0, 0.05) is 41.2 Å². The standard InChI is InChI=1S/C20H20N2O2/c1-14-11-16(8-7-15-5-4-9-21-13-15)17-12-19(23)24-20(17)18-6-2-3-10-22(14)18/h4-5,9,11-14,18,20H,2-3,6,10H2,1H3/t14-,18?,20?/m0/s1. The first-order valence-corrected chi connectivity index (χ1v) is 8.54. The van der Waals surface area contributed by atoms with Gasteiger partial charge in [0.25, 0.3) is 0 Å². The van der Waals surface area contributed by atoms with E-state index in [9.17, 15) is 4.79 Å². The molecule has 0 bridgehead atoms. The molecule has 3 aliphatic rings. The van der Waals surface area contributed by atoms with E-state index >= 15 is 0 Å². The van der Waals surface area contributed by atoms with Crippen LogP contribution in [0.25, 0.3) is 0 Å². The Bertz CT molecular complexity index is 770. The molecule has 0 spiro atoms. The fraction of sp³-hybridized carbons (Fsp3) is 0.400. The Balaban J connectivity index is 1.73. The Labute approximate surface area is 142 Å².